The lowest BCUT2D eigenvalue weighted by molar-refractivity contribution is -0.143. The molecule has 10 heteroatoms. The van der Waals surface area contributed by atoms with E-state index in [4.69, 9.17) is 4.74 Å². The van der Waals surface area contributed by atoms with E-state index < -0.39 is 35.7 Å². The highest BCUT2D eigenvalue weighted by Gasteiger charge is 2.69. The number of likely N-dealkylation sites (tertiary alicyclic amines) is 1. The summed E-state index contributed by atoms with van der Waals surface area (Å²) in [6, 6.07) is -2.47. The van der Waals surface area contributed by atoms with Crippen LogP contribution in [0.3, 0.4) is 0 Å². The predicted octanol–water partition coefficient (Wildman–Crippen LogP) is 3.10. The van der Waals surface area contributed by atoms with E-state index in [9.17, 15) is 24.0 Å². The number of alkyl carbamates (subject to hydrolysis) is 1. The van der Waals surface area contributed by atoms with Gasteiger partial charge in [-0.2, -0.15) is 0 Å². The molecule has 41 heavy (non-hydrogen) atoms. The SMILES string of the molecule is C=CC(=O)[C@H](C[C@@H]1CCCNC1=O)NC(=O)[C@@H]1[C@@H]2[C@H](CN1C(=O)[C@@H](NC(=O)OC(C)(C)C)C1CCCCC1)C2(C)C. The first kappa shape index (κ1) is 31.0. The van der Waals surface area contributed by atoms with Crippen LogP contribution in [0, 0.1) is 29.1 Å². The second-order valence-corrected chi connectivity index (χ2v) is 13.9. The fourth-order valence-corrected chi connectivity index (χ4v) is 7.27. The number of nitrogens with zero attached hydrogens (tertiary/aromatic N) is 1. The zero-order chi connectivity index (χ0) is 30.1. The zero-order valence-electron chi connectivity index (χ0n) is 25.3. The van der Waals surface area contributed by atoms with E-state index in [2.05, 4.69) is 36.4 Å². The molecule has 0 spiro atoms. The molecule has 2 aliphatic carbocycles. The fourth-order valence-electron chi connectivity index (χ4n) is 7.27. The highest BCUT2D eigenvalue weighted by atomic mass is 16.6. The molecule has 0 radical (unpaired) electrons. The first-order valence-electron chi connectivity index (χ1n) is 15.3. The fraction of sp³-hybridized carbons (Fsp3) is 0.774. The van der Waals surface area contributed by atoms with E-state index in [1.807, 2.05) is 0 Å². The number of ketones is 1. The van der Waals surface area contributed by atoms with Crippen LogP contribution in [0.2, 0.25) is 0 Å². The van der Waals surface area contributed by atoms with Gasteiger partial charge in [-0.05, 0) is 82.1 Å². The number of amides is 4. The van der Waals surface area contributed by atoms with E-state index in [0.717, 1.165) is 38.5 Å². The molecule has 4 fully saturated rings. The van der Waals surface area contributed by atoms with Crippen LogP contribution < -0.4 is 16.0 Å². The van der Waals surface area contributed by atoms with Crippen molar-refractivity contribution in [2.75, 3.05) is 13.1 Å². The highest BCUT2D eigenvalue weighted by Crippen LogP contribution is 2.65. The molecule has 2 aliphatic heterocycles. The lowest BCUT2D eigenvalue weighted by atomic mass is 9.83. The van der Waals surface area contributed by atoms with E-state index in [-0.39, 0.29) is 53.1 Å². The Balaban J connectivity index is 1.55. The quantitative estimate of drug-likeness (QED) is 0.364. The van der Waals surface area contributed by atoms with Crippen molar-refractivity contribution >= 4 is 29.6 Å². The largest absolute Gasteiger partial charge is 0.444 e. The third kappa shape index (κ3) is 6.95. The number of nitrogens with one attached hydrogen (secondary N) is 3. The minimum Gasteiger partial charge on any atom is -0.444 e. The van der Waals surface area contributed by atoms with Crippen LogP contribution >= 0.6 is 0 Å². The minimum absolute atomic E-state index is 0.0441. The predicted molar refractivity (Wildman–Crippen MR) is 153 cm³/mol. The molecule has 10 nitrogen and oxygen atoms in total. The molecule has 4 amide bonds. The summed E-state index contributed by atoms with van der Waals surface area (Å²) in [6.07, 6.45) is 6.86. The third-order valence-corrected chi connectivity index (χ3v) is 9.60. The summed E-state index contributed by atoms with van der Waals surface area (Å²) < 4.78 is 5.50. The van der Waals surface area contributed by atoms with Gasteiger partial charge in [0.05, 0.1) is 6.04 Å². The summed E-state index contributed by atoms with van der Waals surface area (Å²) in [5.74, 6) is -1.47. The smallest absolute Gasteiger partial charge is 0.408 e. The van der Waals surface area contributed by atoms with Crippen molar-refractivity contribution in [2.45, 2.75) is 110 Å². The second-order valence-electron chi connectivity index (χ2n) is 13.9. The van der Waals surface area contributed by atoms with E-state index in [1.54, 1.807) is 25.7 Å². The van der Waals surface area contributed by atoms with Gasteiger partial charge in [0.25, 0.3) is 0 Å². The number of piperidine rings is 2. The molecule has 4 rings (SSSR count). The molecule has 0 aromatic carbocycles. The maximum atomic E-state index is 14.2. The number of carbonyl (C=O) groups excluding carboxylic acids is 5. The monoisotopic (exact) mass is 572 g/mol. The van der Waals surface area contributed by atoms with Gasteiger partial charge in [0.2, 0.25) is 17.7 Å². The highest BCUT2D eigenvalue weighted by molar-refractivity contribution is 5.99. The lowest BCUT2D eigenvalue weighted by Gasteiger charge is -2.37. The van der Waals surface area contributed by atoms with Gasteiger partial charge in [0.1, 0.15) is 17.7 Å². The average molecular weight is 573 g/mol. The Bertz CT molecular complexity index is 1060. The molecule has 0 unspecified atom stereocenters. The van der Waals surface area contributed by atoms with Gasteiger partial charge >= 0.3 is 6.09 Å². The topological polar surface area (TPSA) is 134 Å². The van der Waals surface area contributed by atoms with E-state index in [0.29, 0.717) is 19.5 Å². The standard InChI is InChI=1S/C31H48N4O6/c1-7-22(36)21(16-19-14-11-15-32-26(19)37)33-27(38)25-23-20(31(23,5)6)17-35(25)28(39)24(18-12-9-8-10-13-18)34-29(40)41-30(2,3)4/h7,18-21,23-25H,1,8-17H2,2-6H3,(H,32,37)(H,33,38)(H,34,40)/t19-,20-,21-,23-,24-,25-/m0/s1. The lowest BCUT2D eigenvalue weighted by Crippen LogP contribution is -2.59. The molecule has 4 aliphatic rings. The van der Waals surface area contributed by atoms with Gasteiger partial charge in [-0.15, -0.1) is 0 Å². The second kappa shape index (κ2) is 12.1. The first-order chi connectivity index (χ1) is 19.2. The van der Waals surface area contributed by atoms with Crippen LogP contribution in [-0.4, -0.2) is 71.3 Å². The first-order valence-corrected chi connectivity index (χ1v) is 15.3. The molecule has 2 saturated carbocycles. The molecule has 2 saturated heterocycles. The molecule has 6 atom stereocenters. The summed E-state index contributed by atoms with van der Waals surface area (Å²) >= 11 is 0. The molecular weight excluding hydrogens is 524 g/mol. The molecule has 0 aromatic heterocycles. The Morgan fingerprint density at radius 1 is 1.10 bits per heavy atom. The van der Waals surface area contributed by atoms with Gasteiger partial charge in [0, 0.05) is 19.0 Å². The van der Waals surface area contributed by atoms with Gasteiger partial charge in [-0.3, -0.25) is 19.2 Å². The van der Waals surface area contributed by atoms with Crippen molar-refractivity contribution in [1.82, 2.24) is 20.9 Å². The summed E-state index contributed by atoms with van der Waals surface area (Å²) in [7, 11) is 0. The maximum Gasteiger partial charge on any atom is 0.408 e. The number of hydrogen-bond donors (Lipinski definition) is 3. The Morgan fingerprint density at radius 3 is 2.39 bits per heavy atom. The van der Waals surface area contributed by atoms with Gasteiger partial charge in [-0.1, -0.05) is 39.7 Å². The Hall–Kier alpha value is -2.91. The van der Waals surface area contributed by atoms with Crippen molar-refractivity contribution in [1.29, 1.82) is 0 Å². The Morgan fingerprint density at radius 2 is 1.78 bits per heavy atom. The summed E-state index contributed by atoms with van der Waals surface area (Å²) in [6.45, 7) is 14.1. The summed E-state index contributed by atoms with van der Waals surface area (Å²) in [5.41, 5.74) is -0.840. The van der Waals surface area contributed by atoms with Crippen molar-refractivity contribution in [3.63, 3.8) is 0 Å². The number of rotatable bonds is 9. The average Bonchev–Trinajstić information content (AvgIpc) is 3.23. The number of ether oxygens (including phenoxy) is 1. The van der Waals surface area contributed by atoms with Crippen molar-refractivity contribution < 1.29 is 28.7 Å². The van der Waals surface area contributed by atoms with Crippen LogP contribution in [0.4, 0.5) is 4.79 Å². The maximum absolute atomic E-state index is 14.2. The molecular formula is C31H48N4O6. The number of carbonyl (C=O) groups is 5. The minimum atomic E-state index is -0.902. The normalized spacial score (nSPS) is 28.9. The number of fused-ring (bicyclic) bond motifs is 1. The zero-order valence-corrected chi connectivity index (χ0v) is 25.3. The van der Waals surface area contributed by atoms with E-state index >= 15 is 0 Å². The van der Waals surface area contributed by atoms with E-state index in [1.165, 1.54) is 6.08 Å². The van der Waals surface area contributed by atoms with Crippen LogP contribution in [0.15, 0.2) is 12.7 Å². The molecule has 2 heterocycles. The Kier molecular flexibility index (Phi) is 9.19. The van der Waals surface area contributed by atoms with Gasteiger partial charge in [-0.25, -0.2) is 4.79 Å². The van der Waals surface area contributed by atoms with Crippen molar-refractivity contribution in [2.24, 2.45) is 29.1 Å². The van der Waals surface area contributed by atoms with Gasteiger partial charge < -0.3 is 25.6 Å². The number of hydrogen-bond acceptors (Lipinski definition) is 6. The van der Waals surface area contributed by atoms with Crippen LogP contribution in [0.25, 0.3) is 0 Å². The summed E-state index contributed by atoms with van der Waals surface area (Å²) in [4.78, 5) is 67.8. The van der Waals surface area contributed by atoms with Crippen molar-refractivity contribution in [3.05, 3.63) is 12.7 Å². The van der Waals surface area contributed by atoms with Crippen LogP contribution in [0.1, 0.15) is 86.0 Å². The van der Waals surface area contributed by atoms with Crippen LogP contribution in [0.5, 0.6) is 0 Å². The third-order valence-electron chi connectivity index (χ3n) is 9.60. The van der Waals surface area contributed by atoms with Gasteiger partial charge in [0.15, 0.2) is 5.78 Å². The molecule has 3 N–H and O–H groups in total. The van der Waals surface area contributed by atoms with Crippen molar-refractivity contribution in [3.8, 4) is 0 Å². The Labute approximate surface area is 243 Å². The molecule has 0 bridgehead atoms. The molecule has 0 aromatic rings. The molecule has 228 valence electrons. The van der Waals surface area contributed by atoms with Crippen LogP contribution in [-0.2, 0) is 23.9 Å². The summed E-state index contributed by atoms with van der Waals surface area (Å²) in [5, 5.41) is 8.60.